The molecule has 0 atom stereocenters. The fraction of sp³-hybridized carbons (Fsp3) is 0.125. The summed E-state index contributed by atoms with van der Waals surface area (Å²) in [5, 5.41) is 3.74. The van der Waals surface area contributed by atoms with E-state index in [9.17, 15) is 13.2 Å². The van der Waals surface area contributed by atoms with Crippen LogP contribution in [0.2, 0.25) is 0 Å². The lowest BCUT2D eigenvalue weighted by molar-refractivity contribution is -0.132. The van der Waals surface area contributed by atoms with Gasteiger partial charge in [-0.3, -0.25) is 4.79 Å². The van der Waals surface area contributed by atoms with Crippen LogP contribution < -0.4 is 4.83 Å². The molecule has 0 unspecified atom stereocenters. The molecule has 0 saturated carbocycles. The number of nitrogens with one attached hydrogen (secondary N) is 1. The molecule has 0 aliphatic carbocycles. The molecule has 0 aromatic heterocycles. The summed E-state index contributed by atoms with van der Waals surface area (Å²) < 4.78 is 29.4. The predicted molar refractivity (Wildman–Crippen MR) is 86.2 cm³/mol. The SMILES string of the molecule is CC(=O)OC(=NNS(=O)(=O)c1ccc(C)cc1)c1ccccc1. The van der Waals surface area contributed by atoms with Crippen LogP contribution in [0.15, 0.2) is 64.6 Å². The highest BCUT2D eigenvalue weighted by Crippen LogP contribution is 2.10. The van der Waals surface area contributed by atoms with E-state index in [4.69, 9.17) is 4.74 Å². The first-order valence-corrected chi connectivity index (χ1v) is 8.27. The predicted octanol–water partition coefficient (Wildman–Crippen LogP) is 2.20. The molecule has 0 saturated heterocycles. The van der Waals surface area contributed by atoms with E-state index >= 15 is 0 Å². The number of sulfonamides is 1. The summed E-state index contributed by atoms with van der Waals surface area (Å²) in [5.41, 5.74) is 1.42. The molecular formula is C16H16N2O4S. The van der Waals surface area contributed by atoms with Crippen LogP contribution in [0.5, 0.6) is 0 Å². The third kappa shape index (κ3) is 4.65. The molecule has 0 heterocycles. The molecule has 120 valence electrons. The fourth-order valence-electron chi connectivity index (χ4n) is 1.73. The van der Waals surface area contributed by atoms with Gasteiger partial charge in [-0.25, -0.2) is 0 Å². The molecule has 1 N–H and O–H groups in total. The Labute approximate surface area is 134 Å². The van der Waals surface area contributed by atoms with Gasteiger partial charge in [-0.1, -0.05) is 35.9 Å². The molecule has 6 nitrogen and oxygen atoms in total. The van der Waals surface area contributed by atoms with E-state index in [1.807, 2.05) is 6.92 Å². The number of hydrogen-bond donors (Lipinski definition) is 1. The Balaban J connectivity index is 2.29. The van der Waals surface area contributed by atoms with Gasteiger partial charge in [0.15, 0.2) is 0 Å². The molecule has 2 aromatic carbocycles. The van der Waals surface area contributed by atoms with Gasteiger partial charge in [-0.2, -0.15) is 13.2 Å². The second-order valence-electron chi connectivity index (χ2n) is 4.78. The molecule has 23 heavy (non-hydrogen) atoms. The summed E-state index contributed by atoms with van der Waals surface area (Å²) in [6.45, 7) is 3.07. The molecule has 2 rings (SSSR count). The van der Waals surface area contributed by atoms with Crippen molar-refractivity contribution < 1.29 is 17.9 Å². The van der Waals surface area contributed by atoms with E-state index in [0.717, 1.165) is 5.56 Å². The highest BCUT2D eigenvalue weighted by molar-refractivity contribution is 7.89. The van der Waals surface area contributed by atoms with Crippen molar-refractivity contribution in [1.29, 1.82) is 0 Å². The Morgan fingerprint density at radius 3 is 2.22 bits per heavy atom. The van der Waals surface area contributed by atoms with Crippen molar-refractivity contribution in [2.75, 3.05) is 0 Å². The summed E-state index contributed by atoms with van der Waals surface area (Å²) in [6.07, 6.45) is 0. The van der Waals surface area contributed by atoms with Gasteiger partial charge in [0.05, 0.1) is 4.90 Å². The molecule has 0 aliphatic heterocycles. The van der Waals surface area contributed by atoms with Crippen molar-refractivity contribution in [2.45, 2.75) is 18.7 Å². The number of hydrazone groups is 1. The lowest BCUT2D eigenvalue weighted by Crippen LogP contribution is -2.22. The highest BCUT2D eigenvalue weighted by Gasteiger charge is 2.15. The molecule has 2 aromatic rings. The summed E-state index contributed by atoms with van der Waals surface area (Å²) in [4.78, 5) is 13.3. The largest absolute Gasteiger partial charge is 0.405 e. The molecule has 0 spiro atoms. The van der Waals surface area contributed by atoms with Crippen LogP contribution in [-0.2, 0) is 19.6 Å². The average Bonchev–Trinajstić information content (AvgIpc) is 2.52. The monoisotopic (exact) mass is 332 g/mol. The first-order valence-electron chi connectivity index (χ1n) is 6.78. The zero-order chi connectivity index (χ0) is 16.9. The molecular weight excluding hydrogens is 316 g/mol. The summed E-state index contributed by atoms with van der Waals surface area (Å²) >= 11 is 0. The van der Waals surface area contributed by atoms with E-state index in [1.165, 1.54) is 19.1 Å². The molecule has 0 amide bonds. The molecule has 7 heteroatoms. The van der Waals surface area contributed by atoms with E-state index in [-0.39, 0.29) is 10.8 Å². The minimum absolute atomic E-state index is 0.0714. The normalized spacial score (nSPS) is 11.8. The van der Waals surface area contributed by atoms with Crippen molar-refractivity contribution >= 4 is 21.9 Å². The summed E-state index contributed by atoms with van der Waals surface area (Å²) in [6, 6.07) is 14.9. The minimum Gasteiger partial charge on any atom is -0.405 e. The Kier molecular flexibility index (Phi) is 5.13. The number of esters is 1. The number of aryl methyl sites for hydroxylation is 1. The quantitative estimate of drug-likeness (QED) is 0.402. The number of nitrogens with zero attached hydrogens (tertiary/aromatic N) is 1. The average molecular weight is 332 g/mol. The number of carbonyl (C=O) groups is 1. The Hall–Kier alpha value is -2.67. The minimum atomic E-state index is -3.84. The summed E-state index contributed by atoms with van der Waals surface area (Å²) in [5.74, 6) is -0.712. The standard InChI is InChI=1S/C16H16N2O4S/c1-12-8-10-15(11-9-12)23(20,21)18-17-16(22-13(2)19)14-6-4-3-5-7-14/h3-11,18H,1-2H3. The maximum Gasteiger partial charge on any atom is 0.309 e. The molecule has 0 radical (unpaired) electrons. The smallest absolute Gasteiger partial charge is 0.309 e. The molecule has 0 fully saturated rings. The van der Waals surface area contributed by atoms with Crippen molar-refractivity contribution in [2.24, 2.45) is 5.10 Å². The van der Waals surface area contributed by atoms with E-state index < -0.39 is 16.0 Å². The third-order valence-corrected chi connectivity index (χ3v) is 4.08. The summed E-state index contributed by atoms with van der Waals surface area (Å²) in [7, 11) is -3.84. The zero-order valence-electron chi connectivity index (χ0n) is 12.7. The maximum atomic E-state index is 12.2. The first kappa shape index (κ1) is 16.7. The van der Waals surface area contributed by atoms with Crippen LogP contribution in [-0.4, -0.2) is 20.3 Å². The molecule has 0 bridgehead atoms. The van der Waals surface area contributed by atoms with Crippen molar-refractivity contribution in [3.8, 4) is 0 Å². The van der Waals surface area contributed by atoms with E-state index in [1.54, 1.807) is 42.5 Å². The van der Waals surface area contributed by atoms with Crippen LogP contribution in [0.25, 0.3) is 0 Å². The second kappa shape index (κ2) is 7.06. The van der Waals surface area contributed by atoms with Gasteiger partial charge in [0.2, 0.25) is 5.90 Å². The van der Waals surface area contributed by atoms with Crippen molar-refractivity contribution in [3.05, 3.63) is 65.7 Å². The van der Waals surface area contributed by atoms with E-state index in [0.29, 0.717) is 5.56 Å². The van der Waals surface area contributed by atoms with Crippen molar-refractivity contribution in [3.63, 3.8) is 0 Å². The van der Waals surface area contributed by atoms with Gasteiger partial charge in [0.25, 0.3) is 10.0 Å². The third-order valence-electron chi connectivity index (χ3n) is 2.86. The van der Waals surface area contributed by atoms with Gasteiger partial charge in [0.1, 0.15) is 0 Å². The second-order valence-corrected chi connectivity index (χ2v) is 6.45. The van der Waals surface area contributed by atoms with Crippen molar-refractivity contribution in [1.82, 2.24) is 4.83 Å². The van der Waals surface area contributed by atoms with Crippen LogP contribution in [0.1, 0.15) is 18.1 Å². The Morgan fingerprint density at radius 2 is 1.65 bits per heavy atom. The van der Waals surface area contributed by atoms with Gasteiger partial charge in [0, 0.05) is 12.5 Å². The first-order chi connectivity index (χ1) is 10.9. The van der Waals surface area contributed by atoms with Gasteiger partial charge < -0.3 is 4.74 Å². The number of benzene rings is 2. The van der Waals surface area contributed by atoms with Gasteiger partial charge in [-0.05, 0) is 31.2 Å². The van der Waals surface area contributed by atoms with Crippen LogP contribution in [0, 0.1) is 6.92 Å². The van der Waals surface area contributed by atoms with Crippen LogP contribution in [0.3, 0.4) is 0 Å². The zero-order valence-corrected chi connectivity index (χ0v) is 13.5. The lowest BCUT2D eigenvalue weighted by atomic mass is 10.2. The van der Waals surface area contributed by atoms with Gasteiger partial charge in [-0.15, -0.1) is 5.10 Å². The number of carbonyl (C=O) groups excluding carboxylic acids is 1. The van der Waals surface area contributed by atoms with Gasteiger partial charge >= 0.3 is 5.97 Å². The highest BCUT2D eigenvalue weighted by atomic mass is 32.2. The topological polar surface area (TPSA) is 84.8 Å². The number of hydrogen-bond acceptors (Lipinski definition) is 5. The van der Waals surface area contributed by atoms with E-state index in [2.05, 4.69) is 9.93 Å². The lowest BCUT2D eigenvalue weighted by Gasteiger charge is -2.08. The Bertz CT molecular complexity index is 813. The fourth-order valence-corrected chi connectivity index (χ4v) is 2.54. The molecule has 0 aliphatic rings. The maximum absolute atomic E-state index is 12.2. The van der Waals surface area contributed by atoms with Crippen LogP contribution in [0.4, 0.5) is 0 Å². The van der Waals surface area contributed by atoms with Crippen LogP contribution >= 0.6 is 0 Å². The number of rotatable bonds is 4. The number of ether oxygens (including phenoxy) is 1. The Morgan fingerprint density at radius 1 is 1.04 bits per heavy atom.